The Balaban J connectivity index is 1.66. The third-order valence-corrected chi connectivity index (χ3v) is 6.42. The molecule has 4 nitrogen and oxygen atoms in total. The third kappa shape index (κ3) is 5.88. The second-order valence-electron chi connectivity index (χ2n) is 9.48. The van der Waals surface area contributed by atoms with Gasteiger partial charge in [-0.3, -0.25) is 9.69 Å². The van der Waals surface area contributed by atoms with E-state index in [0.717, 1.165) is 29.3 Å². The lowest BCUT2D eigenvalue weighted by Gasteiger charge is -2.30. The van der Waals surface area contributed by atoms with Crippen LogP contribution >= 0.6 is 0 Å². The number of nitrogens with one attached hydrogen (secondary N) is 1. The van der Waals surface area contributed by atoms with Gasteiger partial charge >= 0.3 is 0 Å². The minimum Gasteiger partial charge on any atom is -0.496 e. The van der Waals surface area contributed by atoms with E-state index in [4.69, 9.17) is 4.74 Å². The monoisotopic (exact) mass is 422 g/mol. The number of hydrogen-bond acceptors (Lipinski definition) is 3. The zero-order valence-electron chi connectivity index (χ0n) is 20.0. The van der Waals surface area contributed by atoms with E-state index in [9.17, 15) is 4.79 Å². The summed E-state index contributed by atoms with van der Waals surface area (Å²) in [4.78, 5) is 15.4. The first-order chi connectivity index (χ1) is 14.8. The summed E-state index contributed by atoms with van der Waals surface area (Å²) >= 11 is 0. The van der Waals surface area contributed by atoms with Crippen molar-refractivity contribution in [2.24, 2.45) is 5.92 Å². The number of likely N-dealkylation sites (tertiary alicyclic amines) is 1. The molecule has 31 heavy (non-hydrogen) atoms. The number of amides is 1. The highest BCUT2D eigenvalue weighted by Gasteiger charge is 2.19. The molecule has 0 bridgehead atoms. The normalized spacial score (nSPS) is 18.1. The highest BCUT2D eigenvalue weighted by atomic mass is 16.5. The Morgan fingerprint density at radius 3 is 2.48 bits per heavy atom. The number of methoxy groups -OCH3 is 1. The molecule has 1 aliphatic heterocycles. The van der Waals surface area contributed by atoms with Crippen molar-refractivity contribution in [2.45, 2.75) is 66.0 Å². The lowest BCUT2D eigenvalue weighted by molar-refractivity contribution is 0.0940. The molecular weight excluding hydrogens is 384 g/mol. The molecule has 168 valence electrons. The van der Waals surface area contributed by atoms with E-state index in [0.29, 0.717) is 11.5 Å². The highest BCUT2D eigenvalue weighted by Crippen LogP contribution is 2.32. The summed E-state index contributed by atoms with van der Waals surface area (Å²) in [7, 11) is 1.71. The number of carbonyl (C=O) groups is 1. The van der Waals surface area contributed by atoms with Crippen LogP contribution in [0.25, 0.3) is 0 Å². The van der Waals surface area contributed by atoms with Crippen LogP contribution in [0.5, 0.6) is 5.75 Å². The molecule has 3 rings (SSSR count). The van der Waals surface area contributed by atoms with Crippen LogP contribution in [0.4, 0.5) is 0 Å². The van der Waals surface area contributed by atoms with Crippen molar-refractivity contribution in [3.05, 3.63) is 64.2 Å². The Labute approximate surface area is 188 Å². The van der Waals surface area contributed by atoms with Crippen molar-refractivity contribution in [2.75, 3.05) is 20.2 Å². The second-order valence-corrected chi connectivity index (χ2v) is 9.48. The molecule has 1 aliphatic rings. The van der Waals surface area contributed by atoms with Crippen LogP contribution in [0.1, 0.15) is 85.1 Å². The Morgan fingerprint density at radius 2 is 1.87 bits per heavy atom. The fourth-order valence-electron chi connectivity index (χ4n) is 4.62. The lowest BCUT2D eigenvalue weighted by Crippen LogP contribution is -2.33. The number of aryl methyl sites for hydroxylation is 1. The Kier molecular flexibility index (Phi) is 7.77. The van der Waals surface area contributed by atoms with Crippen LogP contribution in [-0.2, 0) is 6.54 Å². The number of nitrogens with zero attached hydrogens (tertiary/aromatic N) is 1. The number of hydrogen-bond donors (Lipinski definition) is 1. The molecular formula is C27H38N2O2. The van der Waals surface area contributed by atoms with Gasteiger partial charge in [0, 0.05) is 18.7 Å². The van der Waals surface area contributed by atoms with Crippen molar-refractivity contribution in [1.82, 2.24) is 10.2 Å². The molecule has 2 atom stereocenters. The maximum absolute atomic E-state index is 12.9. The quantitative estimate of drug-likeness (QED) is 0.608. The molecule has 0 spiro atoms. The summed E-state index contributed by atoms with van der Waals surface area (Å²) in [5.74, 6) is 2.01. The van der Waals surface area contributed by atoms with Gasteiger partial charge in [-0.25, -0.2) is 0 Å². The summed E-state index contributed by atoms with van der Waals surface area (Å²) in [6.45, 7) is 14.1. The molecule has 0 aliphatic carbocycles. The van der Waals surface area contributed by atoms with Crippen molar-refractivity contribution in [3.63, 3.8) is 0 Å². The van der Waals surface area contributed by atoms with Gasteiger partial charge in [0.1, 0.15) is 5.75 Å². The number of ether oxygens (including phenoxy) is 1. The van der Waals surface area contributed by atoms with Crippen molar-refractivity contribution in [3.8, 4) is 5.75 Å². The van der Waals surface area contributed by atoms with Crippen LogP contribution in [0.3, 0.4) is 0 Å². The maximum Gasteiger partial charge on any atom is 0.251 e. The Morgan fingerprint density at radius 1 is 1.16 bits per heavy atom. The van der Waals surface area contributed by atoms with E-state index in [2.05, 4.69) is 62.2 Å². The summed E-state index contributed by atoms with van der Waals surface area (Å²) in [5.41, 5.74) is 5.40. The summed E-state index contributed by atoms with van der Waals surface area (Å²) < 4.78 is 5.55. The predicted molar refractivity (Wildman–Crippen MR) is 128 cm³/mol. The lowest BCUT2D eigenvalue weighted by atomic mass is 9.93. The molecule has 4 heteroatoms. The van der Waals surface area contributed by atoms with Crippen LogP contribution < -0.4 is 10.1 Å². The zero-order valence-corrected chi connectivity index (χ0v) is 20.0. The minimum atomic E-state index is -0.0783. The van der Waals surface area contributed by atoms with Gasteiger partial charge in [-0.15, -0.1) is 0 Å². The van der Waals surface area contributed by atoms with Gasteiger partial charge in [0.05, 0.1) is 13.2 Å². The molecule has 1 amide bonds. The zero-order chi connectivity index (χ0) is 22.5. The van der Waals surface area contributed by atoms with E-state index in [-0.39, 0.29) is 11.9 Å². The van der Waals surface area contributed by atoms with Crippen molar-refractivity contribution < 1.29 is 9.53 Å². The Bertz CT molecular complexity index is 889. The summed E-state index contributed by atoms with van der Waals surface area (Å²) in [5, 5.41) is 3.17. The van der Waals surface area contributed by atoms with Gasteiger partial charge in [0.15, 0.2) is 0 Å². The minimum absolute atomic E-state index is 0.0352. The van der Waals surface area contributed by atoms with E-state index in [1.165, 1.54) is 37.1 Å². The van der Waals surface area contributed by atoms with Crippen LogP contribution in [-0.4, -0.2) is 31.0 Å². The molecule has 1 fully saturated rings. The number of piperidine rings is 1. The average Bonchev–Trinajstić information content (AvgIpc) is 2.73. The second kappa shape index (κ2) is 10.3. The van der Waals surface area contributed by atoms with Gasteiger partial charge in [-0.1, -0.05) is 32.9 Å². The summed E-state index contributed by atoms with van der Waals surface area (Å²) in [6.07, 6.45) is 2.61. The topological polar surface area (TPSA) is 41.6 Å². The predicted octanol–water partition coefficient (Wildman–Crippen LogP) is 5.85. The molecule has 2 aromatic carbocycles. The first kappa shape index (κ1) is 23.3. The van der Waals surface area contributed by atoms with Gasteiger partial charge < -0.3 is 10.1 Å². The first-order valence-corrected chi connectivity index (χ1v) is 11.6. The van der Waals surface area contributed by atoms with Crippen LogP contribution in [0.2, 0.25) is 0 Å². The van der Waals surface area contributed by atoms with Gasteiger partial charge in [-0.2, -0.15) is 0 Å². The van der Waals surface area contributed by atoms with Crippen LogP contribution in [0.15, 0.2) is 36.4 Å². The SMILES string of the molecule is COc1cc(C)c([C@@H](C)NC(=O)c2ccc(CN3CCC[C@@H](C)C3)cc2)cc1C(C)C. The maximum atomic E-state index is 12.9. The largest absolute Gasteiger partial charge is 0.496 e. The highest BCUT2D eigenvalue weighted by molar-refractivity contribution is 5.94. The molecule has 0 unspecified atom stereocenters. The molecule has 1 saturated heterocycles. The number of benzene rings is 2. The standard InChI is InChI=1S/C27H38N2O2/c1-18(2)24-15-25(20(4)14-26(24)31-6)21(5)28-27(30)23-11-9-22(10-12-23)17-29-13-7-8-19(3)16-29/h9-12,14-15,18-19,21H,7-8,13,16-17H2,1-6H3,(H,28,30)/t19-,21-/m1/s1. The summed E-state index contributed by atoms with van der Waals surface area (Å²) in [6, 6.07) is 12.3. The van der Waals surface area contributed by atoms with Crippen molar-refractivity contribution in [1.29, 1.82) is 0 Å². The van der Waals surface area contributed by atoms with Gasteiger partial charge in [0.2, 0.25) is 0 Å². The average molecular weight is 423 g/mol. The van der Waals surface area contributed by atoms with E-state index >= 15 is 0 Å². The fourth-order valence-corrected chi connectivity index (χ4v) is 4.62. The molecule has 0 radical (unpaired) electrons. The smallest absolute Gasteiger partial charge is 0.251 e. The third-order valence-electron chi connectivity index (χ3n) is 6.42. The molecule has 2 aromatic rings. The molecule has 0 saturated carbocycles. The fraction of sp³-hybridized carbons (Fsp3) is 0.519. The number of carbonyl (C=O) groups excluding carboxylic acids is 1. The van der Waals surface area contributed by atoms with E-state index < -0.39 is 0 Å². The van der Waals surface area contributed by atoms with Gasteiger partial charge in [-0.05, 0) is 91.6 Å². The van der Waals surface area contributed by atoms with Crippen LogP contribution in [0, 0.1) is 12.8 Å². The van der Waals surface area contributed by atoms with E-state index in [1.807, 2.05) is 19.1 Å². The molecule has 0 aromatic heterocycles. The van der Waals surface area contributed by atoms with E-state index in [1.54, 1.807) is 7.11 Å². The number of rotatable bonds is 7. The first-order valence-electron chi connectivity index (χ1n) is 11.6. The molecule has 1 N–H and O–H groups in total. The van der Waals surface area contributed by atoms with Gasteiger partial charge in [0.25, 0.3) is 5.91 Å². The van der Waals surface area contributed by atoms with Crippen molar-refractivity contribution >= 4 is 5.91 Å². The Hall–Kier alpha value is -2.33. The molecule has 1 heterocycles.